The van der Waals surface area contributed by atoms with Gasteiger partial charge in [0.05, 0.1) is 18.4 Å². The third kappa shape index (κ3) is 2.77. The van der Waals surface area contributed by atoms with Gasteiger partial charge in [-0.3, -0.25) is 9.59 Å². The van der Waals surface area contributed by atoms with E-state index < -0.39 is 17.3 Å². The lowest BCUT2D eigenvalue weighted by Crippen LogP contribution is -2.49. The first-order valence-corrected chi connectivity index (χ1v) is 10.9. The van der Waals surface area contributed by atoms with Crippen LogP contribution in [0.3, 0.4) is 0 Å². The number of allylic oxidation sites excluding steroid dienone is 1. The average Bonchev–Trinajstić information content (AvgIpc) is 3.36. The van der Waals surface area contributed by atoms with Crippen LogP contribution in [0.4, 0.5) is 5.69 Å². The number of amides is 1. The van der Waals surface area contributed by atoms with Gasteiger partial charge in [0.25, 0.3) is 0 Å². The number of Topliss-reactive ketones (excluding diaryl/α,β-unsaturated/α-hetero) is 1. The van der Waals surface area contributed by atoms with Crippen LogP contribution in [0.15, 0.2) is 68.3 Å². The molecule has 1 aliphatic carbocycles. The number of ether oxygens (including phenoxy) is 2. The van der Waals surface area contributed by atoms with E-state index in [4.69, 9.17) is 19.6 Å². The van der Waals surface area contributed by atoms with Crippen LogP contribution in [0, 0.1) is 0 Å². The van der Waals surface area contributed by atoms with Crippen molar-refractivity contribution in [3.05, 3.63) is 75.2 Å². The van der Waals surface area contributed by atoms with Gasteiger partial charge in [-0.2, -0.15) is 0 Å². The minimum Gasteiger partial charge on any atom is -0.469 e. The van der Waals surface area contributed by atoms with E-state index in [0.717, 1.165) is 0 Å². The maximum atomic E-state index is 13.6. The van der Waals surface area contributed by atoms with Crippen molar-refractivity contribution in [3.8, 4) is 0 Å². The number of benzene rings is 1. The molecule has 2 aliphatic heterocycles. The molecule has 3 N–H and O–H groups in total. The third-order valence-corrected chi connectivity index (χ3v) is 6.54. The van der Waals surface area contributed by atoms with Gasteiger partial charge in [-0.1, -0.05) is 15.9 Å². The van der Waals surface area contributed by atoms with Gasteiger partial charge in [-0.25, -0.2) is 4.79 Å². The Kier molecular flexibility index (Phi) is 4.74. The molecule has 32 heavy (non-hydrogen) atoms. The molecule has 5 rings (SSSR count). The van der Waals surface area contributed by atoms with Crippen LogP contribution in [0.2, 0.25) is 0 Å². The molecule has 0 fully saturated rings. The monoisotopic (exact) mass is 498 g/mol. The molecule has 3 heterocycles. The fourth-order valence-corrected chi connectivity index (χ4v) is 5.20. The lowest BCUT2D eigenvalue weighted by Gasteiger charge is -2.39. The summed E-state index contributed by atoms with van der Waals surface area (Å²) in [6.07, 6.45) is 1.94. The molecular weight excluding hydrogens is 480 g/mol. The number of fused-ring (bicyclic) bond motifs is 3. The van der Waals surface area contributed by atoms with Crippen LogP contribution in [-0.4, -0.2) is 24.3 Å². The Morgan fingerprint density at radius 2 is 2.12 bits per heavy atom. The van der Waals surface area contributed by atoms with E-state index in [0.29, 0.717) is 27.9 Å². The summed E-state index contributed by atoms with van der Waals surface area (Å²) in [6, 6.07) is 8.72. The largest absolute Gasteiger partial charge is 0.469 e. The summed E-state index contributed by atoms with van der Waals surface area (Å²) in [7, 11) is 0. The summed E-state index contributed by atoms with van der Waals surface area (Å²) in [5.74, 6) is -1.28. The number of halogens is 1. The van der Waals surface area contributed by atoms with Crippen molar-refractivity contribution >= 4 is 39.3 Å². The standard InChI is InChI=1S/C23H19BrN2O6/c1-2-30-21(28)19-20(25)32-17-9-11(16-4-3-7-31-16)8-15(27)18(17)23(19)13-10-12(24)5-6-14(13)26-22(23)29/h3-7,10-11H,2,8-9,25H2,1H3,(H,26,29). The molecule has 3 aliphatic rings. The summed E-state index contributed by atoms with van der Waals surface area (Å²) in [5, 5.41) is 2.81. The molecule has 0 radical (unpaired) electrons. The summed E-state index contributed by atoms with van der Waals surface area (Å²) in [6.45, 7) is 1.72. The molecule has 9 heteroatoms. The molecule has 0 bridgehead atoms. The topological polar surface area (TPSA) is 121 Å². The molecule has 8 nitrogen and oxygen atoms in total. The van der Waals surface area contributed by atoms with Gasteiger partial charge in [0.15, 0.2) is 5.78 Å². The maximum Gasteiger partial charge on any atom is 0.341 e. The summed E-state index contributed by atoms with van der Waals surface area (Å²) in [5.41, 5.74) is 5.35. The van der Waals surface area contributed by atoms with Crippen molar-refractivity contribution in [2.24, 2.45) is 5.73 Å². The number of hydrogen-bond donors (Lipinski definition) is 2. The highest BCUT2D eigenvalue weighted by Gasteiger charge is 2.62. The zero-order valence-electron chi connectivity index (χ0n) is 17.1. The predicted octanol–water partition coefficient (Wildman–Crippen LogP) is 3.40. The van der Waals surface area contributed by atoms with Crippen LogP contribution in [0.5, 0.6) is 0 Å². The van der Waals surface area contributed by atoms with Crippen molar-refractivity contribution in [2.45, 2.75) is 31.1 Å². The fraction of sp³-hybridized carbons (Fsp3) is 0.261. The van der Waals surface area contributed by atoms with Gasteiger partial charge in [0.2, 0.25) is 11.8 Å². The summed E-state index contributed by atoms with van der Waals surface area (Å²) < 4.78 is 17.2. The Morgan fingerprint density at radius 1 is 1.31 bits per heavy atom. The lowest BCUT2D eigenvalue weighted by molar-refractivity contribution is -0.141. The Morgan fingerprint density at radius 3 is 2.84 bits per heavy atom. The smallest absolute Gasteiger partial charge is 0.341 e. The van der Waals surface area contributed by atoms with E-state index in [2.05, 4.69) is 21.2 Å². The molecular formula is C23H19BrN2O6. The van der Waals surface area contributed by atoms with Crippen LogP contribution in [-0.2, 0) is 29.3 Å². The van der Waals surface area contributed by atoms with Gasteiger partial charge in [0, 0.05) is 34.5 Å². The summed E-state index contributed by atoms with van der Waals surface area (Å²) in [4.78, 5) is 40.3. The number of hydrogen-bond acceptors (Lipinski definition) is 7. The molecule has 2 aromatic rings. The van der Waals surface area contributed by atoms with Crippen LogP contribution in [0.25, 0.3) is 0 Å². The highest BCUT2D eigenvalue weighted by Crippen LogP contribution is 2.56. The third-order valence-electron chi connectivity index (χ3n) is 6.05. The van der Waals surface area contributed by atoms with E-state index in [-0.39, 0.29) is 47.5 Å². The first kappa shape index (κ1) is 20.6. The lowest BCUT2D eigenvalue weighted by atomic mass is 9.63. The first-order valence-electron chi connectivity index (χ1n) is 10.1. The van der Waals surface area contributed by atoms with Gasteiger partial charge >= 0.3 is 5.97 Å². The Labute approximate surface area is 191 Å². The maximum absolute atomic E-state index is 13.6. The molecule has 1 aromatic heterocycles. The van der Waals surface area contributed by atoms with Crippen molar-refractivity contribution in [1.29, 1.82) is 0 Å². The van der Waals surface area contributed by atoms with Crippen LogP contribution < -0.4 is 11.1 Å². The molecule has 0 saturated carbocycles. The van der Waals surface area contributed by atoms with Gasteiger partial charge < -0.3 is 24.9 Å². The van der Waals surface area contributed by atoms with E-state index in [1.165, 1.54) is 6.26 Å². The minimum atomic E-state index is -1.76. The fourth-order valence-electron chi connectivity index (χ4n) is 4.84. The van der Waals surface area contributed by atoms with E-state index in [1.54, 1.807) is 37.3 Å². The van der Waals surface area contributed by atoms with Crippen molar-refractivity contribution in [2.75, 3.05) is 11.9 Å². The van der Waals surface area contributed by atoms with Crippen molar-refractivity contribution in [3.63, 3.8) is 0 Å². The minimum absolute atomic E-state index is 0.0685. The molecule has 1 aromatic carbocycles. The number of esters is 1. The average molecular weight is 499 g/mol. The number of nitrogens with one attached hydrogen (secondary N) is 1. The number of carbonyl (C=O) groups is 3. The molecule has 164 valence electrons. The normalized spacial score (nSPS) is 24.2. The van der Waals surface area contributed by atoms with E-state index in [9.17, 15) is 14.4 Å². The zero-order valence-corrected chi connectivity index (χ0v) is 18.7. The van der Waals surface area contributed by atoms with E-state index >= 15 is 0 Å². The van der Waals surface area contributed by atoms with Gasteiger partial charge in [-0.15, -0.1) is 0 Å². The van der Waals surface area contributed by atoms with Crippen LogP contribution in [0.1, 0.15) is 37.0 Å². The first-order chi connectivity index (χ1) is 15.4. The number of ketones is 1. The number of furan rings is 1. The van der Waals surface area contributed by atoms with Crippen LogP contribution >= 0.6 is 15.9 Å². The highest BCUT2D eigenvalue weighted by atomic mass is 79.9. The Hall–Kier alpha value is -3.33. The SMILES string of the molecule is CCOC(=O)C1=C(N)OC2=C(C(=O)CC(c3ccco3)C2)C12C(=O)Nc1ccc(Br)cc12. The highest BCUT2D eigenvalue weighted by molar-refractivity contribution is 9.10. The predicted molar refractivity (Wildman–Crippen MR) is 116 cm³/mol. The zero-order chi connectivity index (χ0) is 22.6. The molecule has 2 unspecified atom stereocenters. The number of rotatable bonds is 3. The van der Waals surface area contributed by atoms with Gasteiger partial charge in [0.1, 0.15) is 22.5 Å². The second-order valence-corrected chi connectivity index (χ2v) is 8.71. The molecule has 0 saturated heterocycles. The Balaban J connectivity index is 1.77. The number of carbonyl (C=O) groups excluding carboxylic acids is 3. The number of nitrogens with two attached hydrogens (primary N) is 1. The molecule has 1 amide bonds. The second-order valence-electron chi connectivity index (χ2n) is 7.80. The van der Waals surface area contributed by atoms with Gasteiger partial charge in [-0.05, 0) is 37.3 Å². The van der Waals surface area contributed by atoms with Crippen molar-refractivity contribution in [1.82, 2.24) is 0 Å². The molecule has 2 atom stereocenters. The van der Waals surface area contributed by atoms with Crippen molar-refractivity contribution < 1.29 is 28.3 Å². The Bertz CT molecular complexity index is 1230. The van der Waals surface area contributed by atoms with E-state index in [1.807, 2.05) is 0 Å². The summed E-state index contributed by atoms with van der Waals surface area (Å²) >= 11 is 3.43. The number of anilines is 1. The second kappa shape index (κ2) is 7.37. The quantitative estimate of drug-likeness (QED) is 0.621. The molecule has 1 spiro atoms.